The zero-order valence-corrected chi connectivity index (χ0v) is 12.4. The number of nitrogens with one attached hydrogen (secondary N) is 1. The van der Waals surface area contributed by atoms with E-state index < -0.39 is 0 Å². The van der Waals surface area contributed by atoms with Crippen LogP contribution in [0.2, 0.25) is 0 Å². The molecule has 3 N–H and O–H groups in total. The van der Waals surface area contributed by atoms with Crippen LogP contribution in [-0.4, -0.2) is 20.3 Å². The number of hydrogen-bond acceptors (Lipinski definition) is 3. The molecule has 0 atom stereocenters. The van der Waals surface area contributed by atoms with Crippen LogP contribution in [0.3, 0.4) is 0 Å². The van der Waals surface area contributed by atoms with E-state index >= 15 is 0 Å². The Morgan fingerprint density at radius 2 is 2.22 bits per heavy atom. The van der Waals surface area contributed by atoms with Gasteiger partial charge in [0.1, 0.15) is 0 Å². The molecule has 1 aliphatic carbocycles. The van der Waals surface area contributed by atoms with E-state index in [4.69, 9.17) is 10.5 Å². The quantitative estimate of drug-likeness (QED) is 0.761. The second kappa shape index (κ2) is 6.04. The SMILES string of the molecule is COCCC1(CNCc2ccc(Br)c(N)c2)CC1. The lowest BCUT2D eigenvalue weighted by Crippen LogP contribution is -2.24. The summed E-state index contributed by atoms with van der Waals surface area (Å²) in [5, 5.41) is 3.53. The van der Waals surface area contributed by atoms with Crippen molar-refractivity contribution >= 4 is 21.6 Å². The average Bonchev–Trinajstić information content (AvgIpc) is 3.12. The molecule has 0 spiro atoms. The Morgan fingerprint density at radius 3 is 2.83 bits per heavy atom. The van der Waals surface area contributed by atoms with Gasteiger partial charge in [-0.25, -0.2) is 0 Å². The molecule has 1 aromatic carbocycles. The van der Waals surface area contributed by atoms with Crippen LogP contribution < -0.4 is 11.1 Å². The first kappa shape index (κ1) is 13.8. The molecular weight excluding hydrogens is 292 g/mol. The molecule has 1 fully saturated rings. The highest BCUT2D eigenvalue weighted by Crippen LogP contribution is 2.48. The maximum atomic E-state index is 5.87. The predicted molar refractivity (Wildman–Crippen MR) is 78.4 cm³/mol. The van der Waals surface area contributed by atoms with Crippen molar-refractivity contribution < 1.29 is 4.74 Å². The second-order valence-corrected chi connectivity index (χ2v) is 6.06. The Balaban J connectivity index is 1.76. The summed E-state index contributed by atoms with van der Waals surface area (Å²) in [7, 11) is 1.77. The minimum atomic E-state index is 0.497. The van der Waals surface area contributed by atoms with Crippen LogP contribution in [0.25, 0.3) is 0 Å². The number of anilines is 1. The van der Waals surface area contributed by atoms with Crippen LogP contribution in [-0.2, 0) is 11.3 Å². The van der Waals surface area contributed by atoms with Gasteiger partial charge in [0.2, 0.25) is 0 Å². The number of rotatable bonds is 7. The van der Waals surface area contributed by atoms with Crippen molar-refractivity contribution in [1.82, 2.24) is 5.32 Å². The third kappa shape index (κ3) is 3.70. The van der Waals surface area contributed by atoms with Gasteiger partial charge in [0.15, 0.2) is 0 Å². The van der Waals surface area contributed by atoms with Crippen LogP contribution in [0.15, 0.2) is 22.7 Å². The zero-order chi connectivity index (χ0) is 13.0. The number of benzene rings is 1. The van der Waals surface area contributed by atoms with Crippen molar-refractivity contribution in [1.29, 1.82) is 0 Å². The Hall–Kier alpha value is -0.580. The van der Waals surface area contributed by atoms with E-state index in [0.717, 1.165) is 29.9 Å². The van der Waals surface area contributed by atoms with Crippen LogP contribution >= 0.6 is 15.9 Å². The largest absolute Gasteiger partial charge is 0.398 e. The lowest BCUT2D eigenvalue weighted by Gasteiger charge is -2.15. The van der Waals surface area contributed by atoms with Crippen molar-refractivity contribution in [2.24, 2.45) is 5.41 Å². The monoisotopic (exact) mass is 312 g/mol. The number of ether oxygens (including phenoxy) is 1. The molecule has 1 saturated carbocycles. The molecule has 1 aliphatic rings. The lowest BCUT2D eigenvalue weighted by molar-refractivity contribution is 0.171. The molecule has 100 valence electrons. The maximum Gasteiger partial charge on any atom is 0.0468 e. The fraction of sp³-hybridized carbons (Fsp3) is 0.571. The first-order valence-electron chi connectivity index (χ1n) is 6.39. The molecule has 0 saturated heterocycles. The van der Waals surface area contributed by atoms with Gasteiger partial charge in [0, 0.05) is 37.0 Å². The highest BCUT2D eigenvalue weighted by atomic mass is 79.9. The zero-order valence-electron chi connectivity index (χ0n) is 10.8. The van der Waals surface area contributed by atoms with Crippen LogP contribution in [0.1, 0.15) is 24.8 Å². The highest BCUT2D eigenvalue weighted by Gasteiger charge is 2.41. The van der Waals surface area contributed by atoms with Gasteiger partial charge >= 0.3 is 0 Å². The van der Waals surface area contributed by atoms with Crippen LogP contribution in [0.4, 0.5) is 5.69 Å². The summed E-state index contributed by atoms with van der Waals surface area (Å²) in [5.41, 5.74) is 8.40. The molecule has 2 rings (SSSR count). The van der Waals surface area contributed by atoms with Gasteiger partial charge in [0.05, 0.1) is 0 Å². The van der Waals surface area contributed by atoms with Crippen molar-refractivity contribution in [2.75, 3.05) is 26.0 Å². The number of nitrogens with two attached hydrogens (primary N) is 1. The first-order chi connectivity index (χ1) is 8.65. The Labute approximate surface area is 117 Å². The molecule has 3 nitrogen and oxygen atoms in total. The molecule has 0 radical (unpaired) electrons. The first-order valence-corrected chi connectivity index (χ1v) is 7.18. The van der Waals surface area contributed by atoms with Crippen LogP contribution in [0, 0.1) is 5.41 Å². The Morgan fingerprint density at radius 1 is 1.44 bits per heavy atom. The summed E-state index contributed by atoms with van der Waals surface area (Å²) in [6.07, 6.45) is 3.82. The van der Waals surface area contributed by atoms with Gasteiger partial charge in [-0.1, -0.05) is 6.07 Å². The summed E-state index contributed by atoms with van der Waals surface area (Å²) < 4.78 is 6.12. The third-order valence-corrected chi connectivity index (χ3v) is 4.41. The number of halogens is 1. The van der Waals surface area contributed by atoms with E-state index in [2.05, 4.69) is 27.3 Å². The van der Waals surface area contributed by atoms with Crippen molar-refractivity contribution in [3.8, 4) is 0 Å². The van der Waals surface area contributed by atoms with E-state index in [1.165, 1.54) is 24.8 Å². The maximum absolute atomic E-state index is 5.87. The summed E-state index contributed by atoms with van der Waals surface area (Å²) in [6.45, 7) is 2.82. The summed E-state index contributed by atoms with van der Waals surface area (Å²) in [5.74, 6) is 0. The molecule has 0 aliphatic heterocycles. The van der Waals surface area contributed by atoms with E-state index in [-0.39, 0.29) is 0 Å². The summed E-state index contributed by atoms with van der Waals surface area (Å²) >= 11 is 3.41. The number of hydrogen-bond donors (Lipinski definition) is 2. The summed E-state index contributed by atoms with van der Waals surface area (Å²) in [4.78, 5) is 0. The molecular formula is C14H21BrN2O. The van der Waals surface area contributed by atoms with E-state index in [1.807, 2.05) is 12.1 Å². The average molecular weight is 313 g/mol. The molecule has 18 heavy (non-hydrogen) atoms. The van der Waals surface area contributed by atoms with Gasteiger partial charge in [0.25, 0.3) is 0 Å². The predicted octanol–water partition coefficient (Wildman–Crippen LogP) is 2.94. The van der Waals surface area contributed by atoms with E-state index in [1.54, 1.807) is 7.11 Å². The summed E-state index contributed by atoms with van der Waals surface area (Å²) in [6, 6.07) is 6.12. The van der Waals surface area contributed by atoms with Gasteiger partial charge in [-0.3, -0.25) is 0 Å². The van der Waals surface area contributed by atoms with Gasteiger partial charge in [-0.2, -0.15) is 0 Å². The lowest BCUT2D eigenvalue weighted by atomic mass is 10.0. The third-order valence-electron chi connectivity index (χ3n) is 3.68. The topological polar surface area (TPSA) is 47.3 Å². The van der Waals surface area contributed by atoms with Crippen molar-refractivity contribution in [3.05, 3.63) is 28.2 Å². The molecule has 1 aromatic rings. The Kier molecular flexibility index (Phi) is 4.65. The normalized spacial score (nSPS) is 16.8. The van der Waals surface area contributed by atoms with Crippen molar-refractivity contribution in [2.45, 2.75) is 25.8 Å². The molecule has 4 heteroatoms. The van der Waals surface area contributed by atoms with Crippen molar-refractivity contribution in [3.63, 3.8) is 0 Å². The highest BCUT2D eigenvalue weighted by molar-refractivity contribution is 9.10. The second-order valence-electron chi connectivity index (χ2n) is 5.20. The van der Waals surface area contributed by atoms with Gasteiger partial charge in [-0.05, 0) is 58.3 Å². The molecule has 0 bridgehead atoms. The van der Waals surface area contributed by atoms with E-state index in [9.17, 15) is 0 Å². The van der Waals surface area contributed by atoms with Gasteiger partial charge in [-0.15, -0.1) is 0 Å². The molecule has 0 amide bonds. The standard InChI is InChI=1S/C14H21BrN2O/c1-18-7-6-14(4-5-14)10-17-9-11-2-3-12(15)13(16)8-11/h2-3,8,17H,4-7,9-10,16H2,1H3. The fourth-order valence-electron chi connectivity index (χ4n) is 2.19. The minimum absolute atomic E-state index is 0.497. The smallest absolute Gasteiger partial charge is 0.0468 e. The number of nitrogen functional groups attached to an aromatic ring is 1. The number of methoxy groups -OCH3 is 1. The van der Waals surface area contributed by atoms with E-state index in [0.29, 0.717) is 5.41 Å². The minimum Gasteiger partial charge on any atom is -0.398 e. The molecule has 0 aromatic heterocycles. The molecule has 0 heterocycles. The van der Waals surface area contributed by atoms with Gasteiger partial charge < -0.3 is 15.8 Å². The fourth-order valence-corrected chi connectivity index (χ4v) is 2.43. The Bertz CT molecular complexity index is 405. The van der Waals surface area contributed by atoms with Crippen LogP contribution in [0.5, 0.6) is 0 Å². The molecule has 0 unspecified atom stereocenters.